The fraction of sp³-hybridized carbons (Fsp3) is 0.333. The smallest absolute Gasteiger partial charge is 0.136 e. The molecule has 1 heterocycles. The van der Waals surface area contributed by atoms with Crippen molar-refractivity contribution < 1.29 is 0 Å². The van der Waals surface area contributed by atoms with Gasteiger partial charge in [-0.05, 0) is 38.0 Å². The number of aryl methyl sites for hydroxylation is 2. The van der Waals surface area contributed by atoms with E-state index < -0.39 is 0 Å². The summed E-state index contributed by atoms with van der Waals surface area (Å²) in [6.45, 7) is 6.94. The molecule has 0 radical (unpaired) electrons. The number of nitrogens with one attached hydrogen (secondary N) is 2. The van der Waals surface area contributed by atoms with Crippen molar-refractivity contribution in [2.24, 2.45) is 0 Å². The van der Waals surface area contributed by atoms with Crippen molar-refractivity contribution >= 4 is 17.3 Å². The lowest BCUT2D eigenvalue weighted by Crippen LogP contribution is -2.04. The highest BCUT2D eigenvalue weighted by atomic mass is 15.1. The second kappa shape index (κ2) is 6.18. The lowest BCUT2D eigenvalue weighted by atomic mass is 10.1. The van der Waals surface area contributed by atoms with Gasteiger partial charge < -0.3 is 10.6 Å². The van der Waals surface area contributed by atoms with Crippen molar-refractivity contribution in [2.45, 2.75) is 27.2 Å². The monoisotopic (exact) mass is 256 g/mol. The molecule has 1 aromatic heterocycles. The van der Waals surface area contributed by atoms with Gasteiger partial charge in [0, 0.05) is 18.3 Å². The van der Waals surface area contributed by atoms with Crippen molar-refractivity contribution in [3.05, 3.63) is 41.7 Å². The molecule has 4 nitrogen and oxygen atoms in total. The van der Waals surface area contributed by atoms with Gasteiger partial charge in [-0.15, -0.1) is 0 Å². The Morgan fingerprint density at radius 3 is 2.32 bits per heavy atom. The summed E-state index contributed by atoms with van der Waals surface area (Å²) in [6.07, 6.45) is 1.05. The summed E-state index contributed by atoms with van der Waals surface area (Å²) in [4.78, 5) is 8.72. The maximum absolute atomic E-state index is 4.39. The van der Waals surface area contributed by atoms with Gasteiger partial charge in [-0.1, -0.05) is 19.1 Å². The lowest BCUT2D eigenvalue weighted by molar-refractivity contribution is 1.04. The predicted molar refractivity (Wildman–Crippen MR) is 80.0 cm³/mol. The average molecular weight is 256 g/mol. The van der Waals surface area contributed by atoms with E-state index in [1.165, 1.54) is 5.56 Å². The molecular formula is C15H20N4. The topological polar surface area (TPSA) is 49.8 Å². The van der Waals surface area contributed by atoms with Crippen molar-refractivity contribution in [3.63, 3.8) is 0 Å². The molecule has 0 saturated carbocycles. The molecule has 0 fully saturated rings. The van der Waals surface area contributed by atoms with Crippen LogP contribution in [0.25, 0.3) is 0 Å². The fourth-order valence-corrected chi connectivity index (χ4v) is 1.88. The van der Waals surface area contributed by atoms with Crippen molar-refractivity contribution in [1.82, 2.24) is 9.97 Å². The van der Waals surface area contributed by atoms with Crippen LogP contribution in [0.5, 0.6) is 0 Å². The molecule has 0 unspecified atom stereocenters. The molecule has 0 bridgehead atoms. The van der Waals surface area contributed by atoms with Crippen LogP contribution in [0.15, 0.2) is 30.3 Å². The van der Waals surface area contributed by atoms with Crippen LogP contribution in [-0.2, 0) is 6.42 Å². The molecule has 2 aromatic rings. The minimum Gasteiger partial charge on any atom is -0.370 e. The number of aromatic nitrogens is 2. The van der Waals surface area contributed by atoms with Gasteiger partial charge in [0.2, 0.25) is 0 Å². The molecule has 0 aliphatic rings. The quantitative estimate of drug-likeness (QED) is 0.859. The van der Waals surface area contributed by atoms with Crippen LogP contribution in [0.2, 0.25) is 0 Å². The van der Waals surface area contributed by atoms with Crippen LogP contribution in [0.1, 0.15) is 25.2 Å². The number of rotatable bonds is 5. The van der Waals surface area contributed by atoms with E-state index in [9.17, 15) is 0 Å². The van der Waals surface area contributed by atoms with Crippen molar-refractivity contribution in [3.8, 4) is 0 Å². The van der Waals surface area contributed by atoms with Crippen molar-refractivity contribution in [2.75, 3.05) is 17.2 Å². The molecule has 100 valence electrons. The molecule has 2 N–H and O–H groups in total. The lowest BCUT2D eigenvalue weighted by Gasteiger charge is -2.09. The van der Waals surface area contributed by atoms with Gasteiger partial charge in [-0.25, -0.2) is 9.97 Å². The standard InChI is InChI=1S/C15H20N4/c1-4-12-6-8-13(9-7-12)19-15-10-14(16-5-2)17-11(3)18-15/h6-10H,4-5H2,1-3H3,(H2,16,17,18,19). The molecule has 1 aromatic carbocycles. The first-order chi connectivity index (χ1) is 9.21. The number of nitrogens with zero attached hydrogens (tertiary/aromatic N) is 2. The van der Waals surface area contributed by atoms with Crippen LogP contribution in [-0.4, -0.2) is 16.5 Å². The van der Waals surface area contributed by atoms with Gasteiger partial charge in [0.25, 0.3) is 0 Å². The summed E-state index contributed by atoms with van der Waals surface area (Å²) in [5.74, 6) is 2.42. The molecular weight excluding hydrogens is 236 g/mol. The van der Waals surface area contributed by atoms with E-state index in [4.69, 9.17) is 0 Å². The number of hydrogen-bond donors (Lipinski definition) is 2. The molecule has 4 heteroatoms. The third-order valence-corrected chi connectivity index (χ3v) is 2.83. The van der Waals surface area contributed by atoms with E-state index in [1.54, 1.807) is 0 Å². The predicted octanol–water partition coefficient (Wildman–Crippen LogP) is 3.52. The third kappa shape index (κ3) is 3.68. The zero-order valence-electron chi connectivity index (χ0n) is 11.7. The van der Waals surface area contributed by atoms with Gasteiger partial charge >= 0.3 is 0 Å². The molecule has 19 heavy (non-hydrogen) atoms. The highest BCUT2D eigenvalue weighted by Gasteiger charge is 2.01. The average Bonchev–Trinajstić information content (AvgIpc) is 2.39. The summed E-state index contributed by atoms with van der Waals surface area (Å²) in [6, 6.07) is 10.3. The molecule has 0 aliphatic heterocycles. The van der Waals surface area contributed by atoms with E-state index in [0.29, 0.717) is 0 Å². The van der Waals surface area contributed by atoms with Crippen LogP contribution in [0.4, 0.5) is 17.3 Å². The normalized spacial score (nSPS) is 10.3. The molecule has 0 spiro atoms. The number of anilines is 3. The van der Waals surface area contributed by atoms with Crippen LogP contribution >= 0.6 is 0 Å². The molecule has 2 rings (SSSR count). The molecule has 0 aliphatic carbocycles. The van der Waals surface area contributed by atoms with Gasteiger partial charge in [0.05, 0.1) is 0 Å². The van der Waals surface area contributed by atoms with Crippen molar-refractivity contribution in [1.29, 1.82) is 0 Å². The maximum Gasteiger partial charge on any atom is 0.136 e. The first kappa shape index (κ1) is 13.3. The second-order valence-corrected chi connectivity index (χ2v) is 4.39. The Bertz CT molecular complexity index is 534. The summed E-state index contributed by atoms with van der Waals surface area (Å²) >= 11 is 0. The van der Waals surface area contributed by atoms with E-state index in [-0.39, 0.29) is 0 Å². The Morgan fingerprint density at radius 1 is 1.00 bits per heavy atom. The van der Waals surface area contributed by atoms with Gasteiger partial charge in [0.15, 0.2) is 0 Å². The van der Waals surface area contributed by atoms with Crippen LogP contribution < -0.4 is 10.6 Å². The Labute approximate surface area is 114 Å². The first-order valence-electron chi connectivity index (χ1n) is 6.66. The van der Waals surface area contributed by atoms with E-state index >= 15 is 0 Å². The highest BCUT2D eigenvalue weighted by molar-refractivity contribution is 5.59. The third-order valence-electron chi connectivity index (χ3n) is 2.83. The number of benzene rings is 1. The van der Waals surface area contributed by atoms with Gasteiger partial charge in [-0.2, -0.15) is 0 Å². The minimum atomic E-state index is 0.756. The summed E-state index contributed by atoms with van der Waals surface area (Å²) < 4.78 is 0. The Hall–Kier alpha value is -2.10. The highest BCUT2D eigenvalue weighted by Crippen LogP contribution is 2.18. The molecule has 0 saturated heterocycles. The van der Waals surface area contributed by atoms with Crippen LogP contribution in [0.3, 0.4) is 0 Å². The SMILES string of the molecule is CCNc1cc(Nc2ccc(CC)cc2)nc(C)n1. The summed E-state index contributed by atoms with van der Waals surface area (Å²) in [7, 11) is 0. The second-order valence-electron chi connectivity index (χ2n) is 4.39. The minimum absolute atomic E-state index is 0.756. The Kier molecular flexibility index (Phi) is 4.34. The molecule has 0 atom stereocenters. The number of hydrogen-bond acceptors (Lipinski definition) is 4. The summed E-state index contributed by atoms with van der Waals surface area (Å²) in [5, 5.41) is 6.51. The maximum atomic E-state index is 4.39. The van der Waals surface area contributed by atoms with Gasteiger partial charge in [-0.3, -0.25) is 0 Å². The fourth-order valence-electron chi connectivity index (χ4n) is 1.88. The van der Waals surface area contributed by atoms with E-state index in [0.717, 1.165) is 36.1 Å². The molecule has 0 amide bonds. The first-order valence-corrected chi connectivity index (χ1v) is 6.66. The van der Waals surface area contributed by atoms with E-state index in [2.05, 4.69) is 51.8 Å². The Balaban J connectivity index is 2.17. The van der Waals surface area contributed by atoms with Gasteiger partial charge in [0.1, 0.15) is 17.5 Å². The zero-order chi connectivity index (χ0) is 13.7. The van der Waals surface area contributed by atoms with Crippen LogP contribution in [0, 0.1) is 6.92 Å². The summed E-state index contributed by atoms with van der Waals surface area (Å²) in [5.41, 5.74) is 2.37. The largest absolute Gasteiger partial charge is 0.370 e. The van der Waals surface area contributed by atoms with E-state index in [1.807, 2.05) is 19.9 Å². The zero-order valence-corrected chi connectivity index (χ0v) is 11.7. The Morgan fingerprint density at radius 2 is 1.68 bits per heavy atom.